The molecule has 2 N–H and O–H groups in total. The van der Waals surface area contributed by atoms with Crippen molar-refractivity contribution in [2.24, 2.45) is 0 Å². The molecule has 0 radical (unpaired) electrons. The second kappa shape index (κ2) is 7.82. The smallest absolute Gasteiger partial charge is 0.263 e. The van der Waals surface area contributed by atoms with Crippen LogP contribution in [-0.4, -0.2) is 40.1 Å². The number of aromatic nitrogens is 1. The topological polar surface area (TPSA) is 65.6 Å². The molecule has 1 fully saturated rings. The highest BCUT2D eigenvalue weighted by Gasteiger charge is 2.29. The van der Waals surface area contributed by atoms with Gasteiger partial charge in [-0.3, -0.25) is 4.79 Å². The molecular formula is C24H28N2O3. The number of ether oxygens (including phenoxy) is 1. The summed E-state index contributed by atoms with van der Waals surface area (Å²) >= 11 is 0. The Kier molecular flexibility index (Phi) is 5.22. The first-order valence-electron chi connectivity index (χ1n) is 10.3. The number of amides is 1. The Morgan fingerprint density at radius 2 is 1.83 bits per heavy atom. The number of nitrogens with one attached hydrogen (secondary N) is 1. The molecule has 29 heavy (non-hydrogen) atoms. The second-order valence-electron chi connectivity index (χ2n) is 8.07. The van der Waals surface area contributed by atoms with Gasteiger partial charge in [0.2, 0.25) is 0 Å². The van der Waals surface area contributed by atoms with Gasteiger partial charge in [0.25, 0.3) is 5.91 Å². The van der Waals surface area contributed by atoms with Gasteiger partial charge >= 0.3 is 0 Å². The number of piperidine rings is 1. The standard InChI is InChI=1S/C24H28N2O3/c1-15-4-9-22-21(14-15)16(2)23(25-22)18-10-12-26(13-11-18)24(28)17(3)29-20-7-5-19(27)6-8-20/h4-9,14,17-18,25,27H,10-13H2,1-3H3. The number of hydrogen-bond acceptors (Lipinski definition) is 3. The Labute approximate surface area is 171 Å². The number of nitrogens with zero attached hydrogens (tertiary/aromatic N) is 1. The molecule has 3 aromatic rings. The van der Waals surface area contributed by atoms with E-state index in [-0.39, 0.29) is 11.7 Å². The fraction of sp³-hybridized carbons (Fsp3) is 0.375. The molecule has 1 amide bonds. The van der Waals surface area contributed by atoms with Crippen molar-refractivity contribution >= 4 is 16.8 Å². The third-order valence-electron chi connectivity index (χ3n) is 5.96. The van der Waals surface area contributed by atoms with E-state index in [1.807, 2.05) is 4.90 Å². The SMILES string of the molecule is Cc1ccc2[nH]c(C3CCN(C(=O)C(C)Oc4ccc(O)cc4)CC3)c(C)c2c1. The van der Waals surface area contributed by atoms with Crippen LogP contribution in [0.25, 0.3) is 10.9 Å². The highest BCUT2D eigenvalue weighted by Crippen LogP contribution is 2.34. The minimum absolute atomic E-state index is 0.0144. The van der Waals surface area contributed by atoms with Gasteiger partial charge in [-0.15, -0.1) is 0 Å². The van der Waals surface area contributed by atoms with Crippen LogP contribution in [0.3, 0.4) is 0 Å². The molecule has 2 aromatic carbocycles. The molecule has 1 aliphatic rings. The minimum Gasteiger partial charge on any atom is -0.508 e. The third kappa shape index (κ3) is 3.95. The van der Waals surface area contributed by atoms with Crippen LogP contribution >= 0.6 is 0 Å². The van der Waals surface area contributed by atoms with E-state index in [9.17, 15) is 9.90 Å². The van der Waals surface area contributed by atoms with E-state index in [2.05, 4.69) is 37.0 Å². The summed E-state index contributed by atoms with van der Waals surface area (Å²) < 4.78 is 5.76. The number of aromatic hydroxyl groups is 1. The molecule has 0 aliphatic carbocycles. The maximum atomic E-state index is 12.8. The van der Waals surface area contributed by atoms with Crippen LogP contribution in [0.5, 0.6) is 11.5 Å². The van der Waals surface area contributed by atoms with E-state index in [1.165, 1.54) is 27.7 Å². The third-order valence-corrected chi connectivity index (χ3v) is 5.96. The Hall–Kier alpha value is -2.95. The summed E-state index contributed by atoms with van der Waals surface area (Å²) in [7, 11) is 0. The number of phenolic OH excluding ortho intramolecular Hbond substituents is 1. The van der Waals surface area contributed by atoms with Crippen LogP contribution < -0.4 is 4.74 Å². The minimum atomic E-state index is -0.547. The highest BCUT2D eigenvalue weighted by molar-refractivity contribution is 5.85. The Balaban J connectivity index is 1.39. The summed E-state index contributed by atoms with van der Waals surface area (Å²) in [4.78, 5) is 18.3. The molecule has 0 spiro atoms. The van der Waals surface area contributed by atoms with Gasteiger partial charge in [0, 0.05) is 35.6 Å². The first kappa shape index (κ1) is 19.4. The van der Waals surface area contributed by atoms with Crippen molar-refractivity contribution in [1.29, 1.82) is 0 Å². The van der Waals surface area contributed by atoms with Crippen molar-refractivity contribution in [3.63, 3.8) is 0 Å². The maximum absolute atomic E-state index is 12.8. The fourth-order valence-corrected chi connectivity index (χ4v) is 4.29. The van der Waals surface area contributed by atoms with Gasteiger partial charge in [-0.1, -0.05) is 11.6 Å². The van der Waals surface area contributed by atoms with Crippen LogP contribution in [0.4, 0.5) is 0 Å². The number of H-pyrrole nitrogens is 1. The molecule has 1 unspecified atom stereocenters. The Morgan fingerprint density at radius 1 is 1.14 bits per heavy atom. The molecule has 5 nitrogen and oxygen atoms in total. The van der Waals surface area contributed by atoms with Gasteiger partial charge in [-0.2, -0.15) is 0 Å². The first-order chi connectivity index (χ1) is 13.9. The number of hydrogen-bond donors (Lipinski definition) is 2. The van der Waals surface area contributed by atoms with Crippen molar-refractivity contribution in [1.82, 2.24) is 9.88 Å². The van der Waals surface area contributed by atoms with Crippen molar-refractivity contribution < 1.29 is 14.6 Å². The quantitative estimate of drug-likeness (QED) is 0.678. The summed E-state index contributed by atoms with van der Waals surface area (Å²) in [6.45, 7) is 7.57. The number of carbonyl (C=O) groups excluding carboxylic acids is 1. The molecule has 1 saturated heterocycles. The van der Waals surface area contributed by atoms with Crippen LogP contribution in [0.15, 0.2) is 42.5 Å². The molecular weight excluding hydrogens is 364 g/mol. The molecule has 5 heteroatoms. The van der Waals surface area contributed by atoms with Crippen LogP contribution in [0, 0.1) is 13.8 Å². The van der Waals surface area contributed by atoms with E-state index in [0.29, 0.717) is 11.7 Å². The summed E-state index contributed by atoms with van der Waals surface area (Å²) in [5.74, 6) is 1.23. The number of rotatable bonds is 4. The number of aryl methyl sites for hydroxylation is 2. The molecule has 0 bridgehead atoms. The number of carbonyl (C=O) groups is 1. The average molecular weight is 392 g/mol. The lowest BCUT2D eigenvalue weighted by atomic mass is 9.91. The van der Waals surface area contributed by atoms with E-state index in [1.54, 1.807) is 31.2 Å². The van der Waals surface area contributed by atoms with E-state index < -0.39 is 6.10 Å². The fourth-order valence-electron chi connectivity index (χ4n) is 4.29. The highest BCUT2D eigenvalue weighted by atomic mass is 16.5. The predicted molar refractivity (Wildman–Crippen MR) is 115 cm³/mol. The first-order valence-corrected chi connectivity index (χ1v) is 10.3. The lowest BCUT2D eigenvalue weighted by Gasteiger charge is -2.33. The molecule has 2 heterocycles. The molecule has 1 atom stereocenters. The summed E-state index contributed by atoms with van der Waals surface area (Å²) in [6, 6.07) is 13.0. The number of phenols is 1. The molecule has 0 saturated carbocycles. The molecule has 1 aromatic heterocycles. The van der Waals surface area contributed by atoms with Gasteiger partial charge in [0.15, 0.2) is 6.10 Å². The number of likely N-dealkylation sites (tertiary alicyclic amines) is 1. The van der Waals surface area contributed by atoms with Gasteiger partial charge in [-0.05, 0) is 75.6 Å². The van der Waals surface area contributed by atoms with Crippen LogP contribution in [-0.2, 0) is 4.79 Å². The van der Waals surface area contributed by atoms with Crippen molar-refractivity contribution in [2.75, 3.05) is 13.1 Å². The monoisotopic (exact) mass is 392 g/mol. The summed E-state index contributed by atoms with van der Waals surface area (Å²) in [6.07, 6.45) is 1.35. The predicted octanol–water partition coefficient (Wildman–Crippen LogP) is 4.66. The Bertz CT molecular complexity index is 1010. The van der Waals surface area contributed by atoms with Gasteiger partial charge < -0.3 is 19.7 Å². The van der Waals surface area contributed by atoms with Crippen LogP contribution in [0.2, 0.25) is 0 Å². The summed E-state index contributed by atoms with van der Waals surface area (Å²) in [5.41, 5.74) is 5.11. The average Bonchev–Trinajstić information content (AvgIpc) is 3.05. The zero-order chi connectivity index (χ0) is 20.5. The largest absolute Gasteiger partial charge is 0.508 e. The number of benzene rings is 2. The van der Waals surface area contributed by atoms with E-state index >= 15 is 0 Å². The lowest BCUT2D eigenvalue weighted by Crippen LogP contribution is -2.44. The normalized spacial score (nSPS) is 16.2. The zero-order valence-electron chi connectivity index (χ0n) is 17.2. The van der Waals surface area contributed by atoms with Gasteiger partial charge in [0.1, 0.15) is 11.5 Å². The Morgan fingerprint density at radius 3 is 2.52 bits per heavy atom. The van der Waals surface area contributed by atoms with E-state index in [0.717, 1.165) is 25.9 Å². The second-order valence-corrected chi connectivity index (χ2v) is 8.07. The number of aromatic amines is 1. The van der Waals surface area contributed by atoms with Gasteiger partial charge in [0.05, 0.1) is 0 Å². The van der Waals surface area contributed by atoms with E-state index in [4.69, 9.17) is 4.74 Å². The van der Waals surface area contributed by atoms with Crippen molar-refractivity contribution in [3.8, 4) is 11.5 Å². The van der Waals surface area contributed by atoms with Crippen molar-refractivity contribution in [2.45, 2.75) is 45.6 Å². The molecule has 1 aliphatic heterocycles. The maximum Gasteiger partial charge on any atom is 0.263 e. The lowest BCUT2D eigenvalue weighted by molar-refractivity contribution is -0.139. The van der Waals surface area contributed by atoms with Gasteiger partial charge in [-0.25, -0.2) is 0 Å². The molecule has 152 valence electrons. The van der Waals surface area contributed by atoms with Crippen molar-refractivity contribution in [3.05, 3.63) is 59.3 Å². The number of fused-ring (bicyclic) bond motifs is 1. The molecule has 4 rings (SSSR count). The van der Waals surface area contributed by atoms with Crippen LogP contribution in [0.1, 0.15) is 42.5 Å². The summed E-state index contributed by atoms with van der Waals surface area (Å²) in [5, 5.41) is 10.7. The zero-order valence-corrected chi connectivity index (χ0v) is 17.2.